The van der Waals surface area contributed by atoms with E-state index in [1.54, 1.807) is 0 Å². The zero-order valence-electron chi connectivity index (χ0n) is 11.0. The molecular weight excluding hydrogens is 406 g/mol. The highest BCUT2D eigenvalue weighted by Gasteiger charge is 2.40. The number of hydrogen-bond acceptors (Lipinski definition) is 2. The summed E-state index contributed by atoms with van der Waals surface area (Å²) in [5.41, 5.74) is -2.17. The molecule has 1 heterocycles. The van der Waals surface area contributed by atoms with Crippen LogP contribution in [0.3, 0.4) is 0 Å². The Morgan fingerprint density at radius 3 is 1.96 bits per heavy atom. The molecular formula is C12H5Cl3F5N2S-. The number of aromatic nitrogens is 2. The van der Waals surface area contributed by atoms with E-state index in [1.165, 1.54) is 6.92 Å². The minimum absolute atomic E-state index is 0.101. The van der Waals surface area contributed by atoms with Crippen molar-refractivity contribution in [3.8, 4) is 0 Å². The lowest BCUT2D eigenvalue weighted by molar-refractivity contribution is -0.137. The molecule has 0 atom stereocenters. The van der Waals surface area contributed by atoms with Crippen LogP contribution >= 0.6 is 46.6 Å². The molecule has 0 saturated carbocycles. The Kier molecular flexibility index (Phi) is 5.11. The number of alkyl halides is 5. The van der Waals surface area contributed by atoms with Crippen molar-refractivity contribution in [2.45, 2.75) is 23.4 Å². The second-order valence-electron chi connectivity index (χ2n) is 4.30. The average molecular weight is 411 g/mol. The lowest BCUT2D eigenvalue weighted by Crippen LogP contribution is -2.13. The molecule has 0 amide bonds. The van der Waals surface area contributed by atoms with E-state index in [4.69, 9.17) is 34.8 Å². The highest BCUT2D eigenvalue weighted by atomic mass is 35.5. The van der Waals surface area contributed by atoms with Crippen LogP contribution in [0.25, 0.3) is 0 Å². The molecule has 11 heteroatoms. The summed E-state index contributed by atoms with van der Waals surface area (Å²) in [4.78, 5) is 7.38. The van der Waals surface area contributed by atoms with Crippen LogP contribution in [-0.4, -0.2) is 4.98 Å². The molecule has 23 heavy (non-hydrogen) atoms. The third-order valence-electron chi connectivity index (χ3n) is 2.59. The summed E-state index contributed by atoms with van der Waals surface area (Å²) in [6.45, 7) is 1.45. The standard InChI is InChI=1S/C12H5Cl3F5N2S/c1-4-21-9(15)10(22-4)23-12(19,20)8-6(13)2-5(3-7(8)14)11(16,17)18/h2-3H,1H3/q-1. The summed E-state index contributed by atoms with van der Waals surface area (Å²) in [5, 5.41) is -5.89. The van der Waals surface area contributed by atoms with Gasteiger partial charge in [-0.1, -0.05) is 52.4 Å². The second kappa shape index (κ2) is 6.31. The molecule has 0 aliphatic rings. The van der Waals surface area contributed by atoms with Gasteiger partial charge in [0.1, 0.15) is 0 Å². The number of benzene rings is 1. The van der Waals surface area contributed by atoms with Crippen LogP contribution in [0, 0.1) is 6.92 Å². The van der Waals surface area contributed by atoms with Gasteiger partial charge in [0.2, 0.25) is 0 Å². The van der Waals surface area contributed by atoms with E-state index in [-0.39, 0.29) is 27.8 Å². The lowest BCUT2D eigenvalue weighted by Gasteiger charge is -2.21. The molecule has 0 N–H and O–H groups in total. The molecule has 1 aromatic heterocycles. The maximum Gasteiger partial charge on any atom is 0.416 e. The van der Waals surface area contributed by atoms with Crippen molar-refractivity contribution in [3.63, 3.8) is 0 Å². The SMILES string of the molecule is Cc1nc(Cl)c(SC(F)(F)c2c(Cl)cc(C(F)(F)F)cc2Cl)[n-]1. The number of rotatable bonds is 3. The number of hydrogen-bond donors (Lipinski definition) is 0. The molecule has 0 aliphatic heterocycles. The summed E-state index contributed by atoms with van der Waals surface area (Å²) >= 11 is 16.7. The van der Waals surface area contributed by atoms with E-state index in [0.29, 0.717) is 12.1 Å². The smallest absolute Gasteiger partial charge is 0.416 e. The van der Waals surface area contributed by atoms with Crippen LogP contribution in [0.5, 0.6) is 0 Å². The van der Waals surface area contributed by atoms with Crippen LogP contribution in [-0.2, 0) is 11.4 Å². The van der Waals surface area contributed by atoms with Gasteiger partial charge in [-0.25, -0.2) is 0 Å². The van der Waals surface area contributed by atoms with Crippen molar-refractivity contribution < 1.29 is 22.0 Å². The largest absolute Gasteiger partial charge is 0.434 e. The van der Waals surface area contributed by atoms with Gasteiger partial charge < -0.3 is 9.97 Å². The third-order valence-corrected chi connectivity index (χ3v) is 4.50. The molecule has 0 unspecified atom stereocenters. The molecule has 0 aliphatic carbocycles. The summed E-state index contributed by atoms with van der Waals surface area (Å²) in [7, 11) is 0. The van der Waals surface area contributed by atoms with Gasteiger partial charge in [-0.05, 0) is 19.1 Å². The normalized spacial score (nSPS) is 12.7. The Labute approximate surface area is 146 Å². The predicted molar refractivity (Wildman–Crippen MR) is 78.5 cm³/mol. The fourth-order valence-corrected chi connectivity index (χ4v) is 3.65. The van der Waals surface area contributed by atoms with E-state index in [0.717, 1.165) is 0 Å². The quantitative estimate of drug-likeness (QED) is 0.447. The first-order valence-electron chi connectivity index (χ1n) is 5.72. The van der Waals surface area contributed by atoms with Gasteiger partial charge in [0.15, 0.2) is 0 Å². The van der Waals surface area contributed by atoms with E-state index in [2.05, 4.69) is 9.97 Å². The first-order chi connectivity index (χ1) is 10.4. The van der Waals surface area contributed by atoms with Gasteiger partial charge in [-0.15, -0.1) is 0 Å². The van der Waals surface area contributed by atoms with Crippen LogP contribution in [0.4, 0.5) is 22.0 Å². The summed E-state index contributed by atoms with van der Waals surface area (Å²) in [6.07, 6.45) is -4.76. The summed E-state index contributed by atoms with van der Waals surface area (Å²) in [6, 6.07) is 0.779. The fourth-order valence-electron chi connectivity index (χ4n) is 1.66. The fraction of sp³-hybridized carbons (Fsp3) is 0.250. The zero-order valence-corrected chi connectivity index (χ0v) is 14.1. The second-order valence-corrected chi connectivity index (χ2v) is 6.57. The number of imidazole rings is 1. The molecule has 2 rings (SSSR count). The molecule has 0 radical (unpaired) electrons. The van der Waals surface area contributed by atoms with Crippen molar-refractivity contribution in [2.75, 3.05) is 0 Å². The van der Waals surface area contributed by atoms with Crippen molar-refractivity contribution in [1.82, 2.24) is 9.97 Å². The molecule has 2 nitrogen and oxygen atoms in total. The summed E-state index contributed by atoms with van der Waals surface area (Å²) in [5.74, 6) is 0.179. The van der Waals surface area contributed by atoms with Crippen molar-refractivity contribution >= 4 is 46.6 Å². The molecule has 1 aromatic carbocycles. The van der Waals surface area contributed by atoms with E-state index in [1.807, 2.05) is 0 Å². The minimum atomic E-state index is -4.76. The number of halogens is 8. The highest BCUT2D eigenvalue weighted by Crippen LogP contribution is 2.51. The van der Waals surface area contributed by atoms with Crippen LogP contribution in [0.15, 0.2) is 17.2 Å². The number of thioether (sulfide) groups is 1. The van der Waals surface area contributed by atoms with Crippen LogP contribution in [0.2, 0.25) is 15.2 Å². The van der Waals surface area contributed by atoms with E-state index in [9.17, 15) is 22.0 Å². The zero-order chi connectivity index (χ0) is 17.6. The van der Waals surface area contributed by atoms with E-state index < -0.39 is 32.6 Å². The minimum Gasteiger partial charge on any atom is -0.434 e. The Balaban J connectivity index is 2.45. The predicted octanol–water partition coefficient (Wildman–Crippen LogP) is 6.17. The lowest BCUT2D eigenvalue weighted by atomic mass is 10.1. The molecule has 0 spiro atoms. The Morgan fingerprint density at radius 1 is 1.04 bits per heavy atom. The van der Waals surface area contributed by atoms with Gasteiger partial charge in [0.25, 0.3) is 0 Å². The Morgan fingerprint density at radius 2 is 1.57 bits per heavy atom. The monoisotopic (exact) mass is 409 g/mol. The van der Waals surface area contributed by atoms with Gasteiger partial charge in [-0.3, -0.25) is 0 Å². The molecule has 0 bridgehead atoms. The van der Waals surface area contributed by atoms with Crippen LogP contribution < -0.4 is 4.98 Å². The van der Waals surface area contributed by atoms with Crippen molar-refractivity contribution in [2.24, 2.45) is 0 Å². The van der Waals surface area contributed by atoms with Crippen molar-refractivity contribution in [1.29, 1.82) is 0 Å². The van der Waals surface area contributed by atoms with E-state index >= 15 is 0 Å². The Bertz CT molecular complexity index is 722. The number of nitrogens with zero attached hydrogens (tertiary/aromatic N) is 2. The Hall–Kier alpha value is -0.700. The maximum absolute atomic E-state index is 14.4. The first kappa shape index (κ1) is 18.6. The first-order valence-corrected chi connectivity index (χ1v) is 7.67. The summed E-state index contributed by atoms with van der Waals surface area (Å²) < 4.78 is 66.6. The topological polar surface area (TPSA) is 27.0 Å². The molecule has 126 valence electrons. The van der Waals surface area contributed by atoms with Gasteiger partial charge >= 0.3 is 11.4 Å². The number of aryl methyl sites for hydroxylation is 1. The molecule has 2 aromatic rings. The maximum atomic E-state index is 14.4. The van der Waals surface area contributed by atoms with Gasteiger partial charge in [-0.2, -0.15) is 22.0 Å². The average Bonchev–Trinajstić information content (AvgIpc) is 2.64. The van der Waals surface area contributed by atoms with Gasteiger partial charge in [0.05, 0.1) is 21.2 Å². The third kappa shape index (κ3) is 4.04. The highest BCUT2D eigenvalue weighted by molar-refractivity contribution is 8.00. The molecule has 0 fully saturated rings. The van der Waals surface area contributed by atoms with Crippen molar-refractivity contribution in [3.05, 3.63) is 44.3 Å². The molecule has 0 saturated heterocycles. The van der Waals surface area contributed by atoms with Gasteiger partial charge in [0, 0.05) is 10.2 Å². The van der Waals surface area contributed by atoms with Crippen LogP contribution in [0.1, 0.15) is 17.0 Å².